The first-order valence-corrected chi connectivity index (χ1v) is 13.2. The number of likely N-dealkylation sites (N-methyl/N-ethyl adjacent to an activating group) is 2. The number of benzene rings is 1. The third-order valence-electron chi connectivity index (χ3n) is 5.69. The molecular weight excluding hydrogens is 508 g/mol. The maximum absolute atomic E-state index is 12.4. The highest BCUT2D eigenvalue weighted by molar-refractivity contribution is 6.02. The predicted molar refractivity (Wildman–Crippen MR) is 160 cm³/mol. The molecule has 1 atom stereocenters. The van der Waals surface area contributed by atoms with Gasteiger partial charge in [-0.05, 0) is 59.2 Å². The summed E-state index contributed by atoms with van der Waals surface area (Å²) in [5, 5.41) is 14.5. The van der Waals surface area contributed by atoms with Crippen molar-refractivity contribution in [2.75, 3.05) is 25.5 Å². The van der Waals surface area contributed by atoms with E-state index in [1.807, 2.05) is 38.4 Å². The van der Waals surface area contributed by atoms with Gasteiger partial charge < -0.3 is 26.4 Å². The van der Waals surface area contributed by atoms with Gasteiger partial charge in [0.25, 0.3) is 0 Å². The zero-order chi connectivity index (χ0) is 29.9. The number of carbonyl (C=O) groups excluding carboxylic acids is 2. The normalized spacial score (nSPS) is 12.7. The summed E-state index contributed by atoms with van der Waals surface area (Å²) in [4.78, 5) is 30.5. The van der Waals surface area contributed by atoms with Crippen LogP contribution in [-0.2, 0) is 16.6 Å². The molecule has 11 heteroatoms. The number of amides is 2. The van der Waals surface area contributed by atoms with Crippen LogP contribution >= 0.6 is 0 Å². The minimum Gasteiger partial charge on any atom is -0.444 e. The van der Waals surface area contributed by atoms with E-state index in [0.29, 0.717) is 43.2 Å². The Morgan fingerprint density at radius 2 is 2.05 bits per heavy atom. The van der Waals surface area contributed by atoms with Crippen LogP contribution in [0, 0.1) is 11.8 Å². The Balaban J connectivity index is 1.91. The lowest BCUT2D eigenvalue weighted by molar-refractivity contribution is -0.125. The minimum atomic E-state index is -0.667. The number of ether oxygens (including phenoxy) is 1. The van der Waals surface area contributed by atoms with Gasteiger partial charge in [0, 0.05) is 50.9 Å². The third-order valence-corrected chi connectivity index (χ3v) is 5.69. The molecule has 0 spiro atoms. The van der Waals surface area contributed by atoms with Gasteiger partial charge in [-0.1, -0.05) is 18.4 Å². The molecule has 5 N–H and O–H groups in total. The Kier molecular flexibility index (Phi) is 11.6. The van der Waals surface area contributed by atoms with Crippen LogP contribution in [0.1, 0.15) is 47.5 Å². The highest BCUT2D eigenvalue weighted by Crippen LogP contribution is 2.19. The fraction of sp³-hybridized carbons (Fsp3) is 0.448. The zero-order valence-corrected chi connectivity index (χ0v) is 24.6. The first-order chi connectivity index (χ1) is 18.9. The molecule has 11 nitrogen and oxygen atoms in total. The number of hydrogen-bond acceptors (Lipinski definition) is 7. The number of amidine groups is 1. The van der Waals surface area contributed by atoms with E-state index in [4.69, 9.17) is 10.5 Å². The van der Waals surface area contributed by atoms with Gasteiger partial charge in [0.15, 0.2) is 0 Å². The van der Waals surface area contributed by atoms with Crippen LogP contribution in [0.4, 0.5) is 10.5 Å². The van der Waals surface area contributed by atoms with Crippen molar-refractivity contribution in [2.24, 2.45) is 17.8 Å². The van der Waals surface area contributed by atoms with Gasteiger partial charge in [-0.2, -0.15) is 5.10 Å². The number of fused-ring (bicyclic) bond motifs is 1. The molecule has 0 aliphatic heterocycles. The van der Waals surface area contributed by atoms with Crippen molar-refractivity contribution < 1.29 is 14.3 Å². The highest BCUT2D eigenvalue weighted by atomic mass is 16.6. The number of unbranched alkanes of at least 4 members (excludes halogenated alkanes) is 1. The number of nitrogens with two attached hydrogens (primary N) is 1. The Labute approximate surface area is 236 Å². The van der Waals surface area contributed by atoms with E-state index in [9.17, 15) is 9.59 Å². The summed E-state index contributed by atoms with van der Waals surface area (Å²) in [7, 11) is 3.43. The van der Waals surface area contributed by atoms with Crippen LogP contribution in [0.2, 0.25) is 0 Å². The van der Waals surface area contributed by atoms with Crippen molar-refractivity contribution in [3.05, 3.63) is 48.6 Å². The summed E-state index contributed by atoms with van der Waals surface area (Å²) >= 11 is 0. The molecule has 2 rings (SSSR count). The molecule has 0 aliphatic carbocycles. The van der Waals surface area contributed by atoms with E-state index < -0.39 is 17.7 Å². The van der Waals surface area contributed by atoms with Crippen molar-refractivity contribution >= 4 is 34.4 Å². The lowest BCUT2D eigenvalue weighted by atomic mass is 10.2. The van der Waals surface area contributed by atoms with E-state index in [1.54, 1.807) is 32.4 Å². The van der Waals surface area contributed by atoms with Crippen molar-refractivity contribution in [3.63, 3.8) is 0 Å². The second kappa shape index (κ2) is 14.6. The summed E-state index contributed by atoms with van der Waals surface area (Å²) in [5.74, 6) is 6.79. The highest BCUT2D eigenvalue weighted by Gasteiger charge is 2.26. The molecule has 1 aromatic carbocycles. The number of aryl methyl sites for hydroxylation is 1. The molecule has 0 radical (unpaired) electrons. The lowest BCUT2D eigenvalue weighted by Crippen LogP contribution is -2.47. The van der Waals surface area contributed by atoms with Gasteiger partial charge >= 0.3 is 6.09 Å². The van der Waals surface area contributed by atoms with Gasteiger partial charge in [0.05, 0.1) is 17.3 Å². The van der Waals surface area contributed by atoms with Crippen molar-refractivity contribution in [1.82, 2.24) is 25.3 Å². The van der Waals surface area contributed by atoms with Crippen molar-refractivity contribution in [1.29, 1.82) is 0 Å². The lowest BCUT2D eigenvalue weighted by Gasteiger charge is -2.28. The minimum absolute atomic E-state index is 0.265. The average Bonchev–Trinajstić information content (AvgIpc) is 3.25. The number of aromatic nitrogens is 2. The van der Waals surface area contributed by atoms with E-state index in [0.717, 1.165) is 16.6 Å². The molecule has 1 aromatic heterocycles. The number of aliphatic imine (C=N–C) groups is 1. The second-order valence-electron chi connectivity index (χ2n) is 10.1. The van der Waals surface area contributed by atoms with Gasteiger partial charge in [-0.25, -0.2) is 9.79 Å². The predicted octanol–water partition coefficient (Wildman–Crippen LogP) is 3.46. The van der Waals surface area contributed by atoms with Gasteiger partial charge in [0.2, 0.25) is 5.91 Å². The molecule has 40 heavy (non-hydrogen) atoms. The molecule has 0 saturated heterocycles. The summed E-state index contributed by atoms with van der Waals surface area (Å²) in [6.45, 7) is 14.0. The van der Waals surface area contributed by atoms with Crippen LogP contribution < -0.4 is 21.7 Å². The summed E-state index contributed by atoms with van der Waals surface area (Å²) < 4.78 is 7.12. The molecule has 0 fully saturated rings. The van der Waals surface area contributed by atoms with Crippen molar-refractivity contribution in [2.45, 2.75) is 59.1 Å². The Morgan fingerprint density at radius 1 is 1.32 bits per heavy atom. The topological polar surface area (TPSA) is 139 Å². The zero-order valence-electron chi connectivity index (χ0n) is 24.6. The summed E-state index contributed by atoms with van der Waals surface area (Å²) in [6.07, 6.45) is 3.81. The quantitative estimate of drug-likeness (QED) is 0.154. The van der Waals surface area contributed by atoms with E-state index in [1.165, 1.54) is 18.1 Å². The number of nitrogens with zero attached hydrogens (tertiary/aromatic N) is 4. The summed E-state index contributed by atoms with van der Waals surface area (Å²) in [6, 6.07) is 5.22. The fourth-order valence-electron chi connectivity index (χ4n) is 3.46. The van der Waals surface area contributed by atoms with E-state index in [2.05, 4.69) is 44.5 Å². The number of nitrogens with one attached hydrogen (secondary N) is 3. The maximum Gasteiger partial charge on any atom is 0.410 e. The molecule has 2 aromatic rings. The Morgan fingerprint density at radius 3 is 2.70 bits per heavy atom. The van der Waals surface area contributed by atoms with E-state index in [-0.39, 0.29) is 5.91 Å². The van der Waals surface area contributed by atoms with E-state index >= 15 is 0 Å². The third kappa shape index (κ3) is 9.69. The molecule has 216 valence electrons. The summed E-state index contributed by atoms with van der Waals surface area (Å²) in [5.41, 5.74) is 7.58. The fourth-order valence-corrected chi connectivity index (χ4v) is 3.46. The molecular formula is C29H42N8O3. The maximum atomic E-state index is 12.4. The van der Waals surface area contributed by atoms with Crippen LogP contribution in [0.25, 0.3) is 10.9 Å². The number of carbonyl (C=O) groups is 2. The first kappa shape index (κ1) is 31.8. The van der Waals surface area contributed by atoms with Crippen molar-refractivity contribution in [3.8, 4) is 11.8 Å². The van der Waals surface area contributed by atoms with Crippen LogP contribution in [0.15, 0.2) is 53.6 Å². The molecule has 0 saturated carbocycles. The molecule has 0 unspecified atom stereocenters. The number of hydrogen-bond donors (Lipinski definition) is 4. The second-order valence-corrected chi connectivity index (χ2v) is 10.1. The molecule has 1 heterocycles. The van der Waals surface area contributed by atoms with Gasteiger partial charge in [0.1, 0.15) is 23.3 Å². The Bertz CT molecular complexity index is 1320. The van der Waals surface area contributed by atoms with Crippen LogP contribution in [0.3, 0.4) is 0 Å². The standard InChI is InChI=1S/C29H42N8O3/c1-9-31-26(35-21(3)34-24-15-14-23-19-33-37(8)25(23)17-24)22(18-30)13-11-10-12-16-32-27(38)20(2)36(7)28(39)40-29(4,5)6/h14-15,17-20,34H,3,9-10,12,16,30H2,1-2,4-8H3,(H,31,35)(H,32,38)/b22-18-/t20-/m0/s1. The first-order valence-electron chi connectivity index (χ1n) is 13.2. The largest absolute Gasteiger partial charge is 0.444 e. The molecule has 0 aliphatic rings. The SMILES string of the molecule is C=C(/N=C(NCC)\C(C#CCCCNC(=O)[C@H](C)N(C)C(=O)OC(C)(C)C)=C/N)Nc1ccc2cnn(C)c2c1. The average molecular weight is 551 g/mol. The smallest absolute Gasteiger partial charge is 0.410 e. The molecule has 0 bridgehead atoms. The molecule has 2 amide bonds. The number of anilines is 1. The van der Waals surface area contributed by atoms with Gasteiger partial charge in [-0.3, -0.25) is 14.4 Å². The van der Waals surface area contributed by atoms with Gasteiger partial charge in [-0.15, -0.1) is 0 Å². The van der Waals surface area contributed by atoms with Crippen LogP contribution in [0.5, 0.6) is 0 Å². The monoisotopic (exact) mass is 550 g/mol. The Hall–Kier alpha value is -4.46. The van der Waals surface area contributed by atoms with Crippen LogP contribution in [-0.4, -0.2) is 64.3 Å². The number of rotatable bonds is 10.